The average molecular weight is 244 g/mol. The van der Waals surface area contributed by atoms with Gasteiger partial charge >= 0.3 is 5.97 Å². The van der Waals surface area contributed by atoms with E-state index in [0.29, 0.717) is 6.42 Å². The fourth-order valence-corrected chi connectivity index (χ4v) is 1.81. The average Bonchev–Trinajstić information content (AvgIpc) is 2.30. The minimum atomic E-state index is -0.684. The molecule has 17 heavy (non-hydrogen) atoms. The third-order valence-electron chi connectivity index (χ3n) is 2.84. The van der Waals surface area contributed by atoms with E-state index in [1.807, 2.05) is 0 Å². The van der Waals surface area contributed by atoms with Crippen LogP contribution in [0.1, 0.15) is 46.0 Å². The highest BCUT2D eigenvalue weighted by Gasteiger charge is 1.99. The van der Waals surface area contributed by atoms with E-state index in [9.17, 15) is 4.79 Å². The van der Waals surface area contributed by atoms with Gasteiger partial charge in [-0.25, -0.2) is 0 Å². The molecule has 0 fully saturated rings. The molecule has 0 rings (SSSR count). The van der Waals surface area contributed by atoms with E-state index in [1.165, 1.54) is 13.0 Å². The summed E-state index contributed by atoms with van der Waals surface area (Å²) in [6.07, 6.45) is 4.40. The first-order valence-corrected chi connectivity index (χ1v) is 6.85. The minimum Gasteiger partial charge on any atom is -0.481 e. The fraction of sp³-hybridized carbons (Fsp3) is 0.923. The molecule has 0 radical (unpaired) electrons. The summed E-state index contributed by atoms with van der Waals surface area (Å²) < 4.78 is 0. The highest BCUT2D eigenvalue weighted by molar-refractivity contribution is 5.66. The standard InChI is InChI=1S/C13H28N2O2/c1-3-11-15(4-2)12-10-14-9-7-5-6-8-13(16)17/h14H,3-12H2,1-2H3,(H,16,17). The Morgan fingerprint density at radius 1 is 1.12 bits per heavy atom. The number of hydrogen-bond donors (Lipinski definition) is 2. The Balaban J connectivity index is 3.19. The smallest absolute Gasteiger partial charge is 0.303 e. The van der Waals surface area contributed by atoms with E-state index >= 15 is 0 Å². The molecular formula is C13H28N2O2. The van der Waals surface area contributed by atoms with Gasteiger partial charge in [0.2, 0.25) is 0 Å². The third-order valence-corrected chi connectivity index (χ3v) is 2.84. The quantitative estimate of drug-likeness (QED) is 0.515. The molecule has 102 valence electrons. The number of carboxylic acid groups (broad SMARTS) is 1. The Morgan fingerprint density at radius 2 is 1.88 bits per heavy atom. The van der Waals surface area contributed by atoms with Crippen molar-refractivity contribution in [2.24, 2.45) is 0 Å². The van der Waals surface area contributed by atoms with Crippen molar-refractivity contribution in [1.82, 2.24) is 10.2 Å². The number of carboxylic acids is 1. The highest BCUT2D eigenvalue weighted by atomic mass is 16.4. The summed E-state index contributed by atoms with van der Waals surface area (Å²) in [5.41, 5.74) is 0. The summed E-state index contributed by atoms with van der Waals surface area (Å²) in [5.74, 6) is -0.684. The lowest BCUT2D eigenvalue weighted by Crippen LogP contribution is -2.32. The number of nitrogens with zero attached hydrogens (tertiary/aromatic N) is 1. The largest absolute Gasteiger partial charge is 0.481 e. The first kappa shape index (κ1) is 16.4. The Kier molecular flexibility index (Phi) is 11.4. The number of unbranched alkanes of at least 4 members (excludes halogenated alkanes) is 2. The summed E-state index contributed by atoms with van der Waals surface area (Å²) in [6.45, 7) is 9.85. The Morgan fingerprint density at radius 3 is 2.47 bits per heavy atom. The van der Waals surface area contributed by atoms with Gasteiger partial charge in [-0.1, -0.05) is 20.3 Å². The zero-order valence-corrected chi connectivity index (χ0v) is 11.4. The summed E-state index contributed by atoms with van der Waals surface area (Å²) >= 11 is 0. The van der Waals surface area contributed by atoms with Crippen LogP contribution < -0.4 is 5.32 Å². The first-order valence-electron chi connectivity index (χ1n) is 6.85. The van der Waals surface area contributed by atoms with Crippen LogP contribution in [0.5, 0.6) is 0 Å². The first-order chi connectivity index (χ1) is 8.20. The number of aliphatic carboxylic acids is 1. The second kappa shape index (κ2) is 11.9. The molecule has 0 saturated carbocycles. The number of carbonyl (C=O) groups is 1. The number of rotatable bonds is 12. The van der Waals surface area contributed by atoms with Crippen molar-refractivity contribution < 1.29 is 9.90 Å². The molecular weight excluding hydrogens is 216 g/mol. The molecule has 2 N–H and O–H groups in total. The van der Waals surface area contributed by atoms with E-state index in [4.69, 9.17) is 5.11 Å². The maximum Gasteiger partial charge on any atom is 0.303 e. The van der Waals surface area contributed by atoms with Crippen molar-refractivity contribution in [2.45, 2.75) is 46.0 Å². The molecule has 0 heterocycles. The molecule has 0 amide bonds. The predicted octanol–water partition coefficient (Wildman–Crippen LogP) is 1.95. The highest BCUT2D eigenvalue weighted by Crippen LogP contribution is 1.98. The van der Waals surface area contributed by atoms with Crippen molar-refractivity contribution in [3.8, 4) is 0 Å². The maximum atomic E-state index is 10.3. The van der Waals surface area contributed by atoms with Gasteiger partial charge in [0.15, 0.2) is 0 Å². The Hall–Kier alpha value is -0.610. The van der Waals surface area contributed by atoms with E-state index in [2.05, 4.69) is 24.1 Å². The summed E-state index contributed by atoms with van der Waals surface area (Å²) in [5, 5.41) is 11.9. The van der Waals surface area contributed by atoms with Gasteiger partial charge in [0.1, 0.15) is 0 Å². The van der Waals surface area contributed by atoms with Crippen molar-refractivity contribution >= 4 is 5.97 Å². The molecule has 0 spiro atoms. The van der Waals surface area contributed by atoms with Crippen molar-refractivity contribution in [3.63, 3.8) is 0 Å². The van der Waals surface area contributed by atoms with Gasteiger partial charge < -0.3 is 15.3 Å². The molecule has 4 heteroatoms. The van der Waals surface area contributed by atoms with E-state index in [1.54, 1.807) is 0 Å². The third kappa shape index (κ3) is 11.6. The molecule has 0 bridgehead atoms. The van der Waals surface area contributed by atoms with Crippen LogP contribution in [0.2, 0.25) is 0 Å². The monoisotopic (exact) mass is 244 g/mol. The minimum absolute atomic E-state index is 0.306. The molecule has 0 aromatic carbocycles. The van der Waals surface area contributed by atoms with Crippen LogP contribution in [-0.4, -0.2) is 48.7 Å². The van der Waals surface area contributed by atoms with Gasteiger partial charge in [-0.05, 0) is 38.9 Å². The summed E-state index contributed by atoms with van der Waals surface area (Å²) in [4.78, 5) is 12.7. The van der Waals surface area contributed by atoms with Crippen LogP contribution in [0.15, 0.2) is 0 Å². The van der Waals surface area contributed by atoms with Crippen LogP contribution >= 0.6 is 0 Å². The maximum absolute atomic E-state index is 10.3. The second-order valence-electron chi connectivity index (χ2n) is 4.39. The molecule has 0 saturated heterocycles. The molecule has 4 nitrogen and oxygen atoms in total. The molecule has 0 atom stereocenters. The van der Waals surface area contributed by atoms with Crippen molar-refractivity contribution in [1.29, 1.82) is 0 Å². The lowest BCUT2D eigenvalue weighted by molar-refractivity contribution is -0.137. The van der Waals surface area contributed by atoms with Gasteiger partial charge in [0.25, 0.3) is 0 Å². The Bertz CT molecular complexity index is 186. The topological polar surface area (TPSA) is 52.6 Å². The van der Waals surface area contributed by atoms with Crippen LogP contribution in [0.4, 0.5) is 0 Å². The van der Waals surface area contributed by atoms with Crippen LogP contribution in [0, 0.1) is 0 Å². The molecule has 0 aliphatic rings. The Labute approximate surface area is 105 Å². The van der Waals surface area contributed by atoms with Crippen molar-refractivity contribution in [2.75, 3.05) is 32.7 Å². The number of hydrogen-bond acceptors (Lipinski definition) is 3. The molecule has 0 aliphatic carbocycles. The lowest BCUT2D eigenvalue weighted by atomic mass is 10.2. The molecule has 0 unspecified atom stereocenters. The van der Waals surface area contributed by atoms with Crippen molar-refractivity contribution in [3.05, 3.63) is 0 Å². The molecule has 0 aromatic rings. The fourth-order valence-electron chi connectivity index (χ4n) is 1.81. The number of nitrogens with one attached hydrogen (secondary N) is 1. The van der Waals surface area contributed by atoms with Crippen LogP contribution in [0.3, 0.4) is 0 Å². The zero-order chi connectivity index (χ0) is 12.9. The van der Waals surface area contributed by atoms with E-state index in [-0.39, 0.29) is 0 Å². The van der Waals surface area contributed by atoms with Gasteiger partial charge in [-0.15, -0.1) is 0 Å². The summed E-state index contributed by atoms with van der Waals surface area (Å²) in [7, 11) is 0. The van der Waals surface area contributed by atoms with E-state index < -0.39 is 5.97 Å². The van der Waals surface area contributed by atoms with Gasteiger partial charge in [0.05, 0.1) is 0 Å². The number of likely N-dealkylation sites (N-methyl/N-ethyl adjacent to an activating group) is 1. The van der Waals surface area contributed by atoms with Gasteiger partial charge in [-0.3, -0.25) is 4.79 Å². The summed E-state index contributed by atoms with van der Waals surface area (Å²) in [6, 6.07) is 0. The SMILES string of the molecule is CCCN(CC)CCNCCCCCC(=O)O. The van der Waals surface area contributed by atoms with Crippen LogP contribution in [0.25, 0.3) is 0 Å². The normalized spacial score (nSPS) is 11.0. The van der Waals surface area contributed by atoms with Gasteiger partial charge in [0, 0.05) is 19.5 Å². The van der Waals surface area contributed by atoms with Gasteiger partial charge in [-0.2, -0.15) is 0 Å². The zero-order valence-electron chi connectivity index (χ0n) is 11.4. The van der Waals surface area contributed by atoms with E-state index in [0.717, 1.165) is 45.4 Å². The van der Waals surface area contributed by atoms with Crippen LogP contribution in [-0.2, 0) is 4.79 Å². The molecule has 0 aromatic heterocycles. The predicted molar refractivity (Wildman–Crippen MR) is 71.4 cm³/mol. The molecule has 0 aliphatic heterocycles. The second-order valence-corrected chi connectivity index (χ2v) is 4.39. The lowest BCUT2D eigenvalue weighted by Gasteiger charge is -2.19.